The minimum atomic E-state index is -1.26. The van der Waals surface area contributed by atoms with E-state index in [0.717, 1.165) is 103 Å². The summed E-state index contributed by atoms with van der Waals surface area (Å²) in [5.41, 5.74) is 0. The van der Waals surface area contributed by atoms with Gasteiger partial charge in [0, 0.05) is 12.6 Å². The summed E-state index contributed by atoms with van der Waals surface area (Å²) in [6, 6.07) is -1.08. The van der Waals surface area contributed by atoms with Crippen LogP contribution >= 0.6 is 0 Å². The molecule has 0 bridgehead atoms. The molecule has 3 saturated heterocycles. The Balaban J connectivity index is 1.37. The van der Waals surface area contributed by atoms with Crippen LogP contribution in [0.1, 0.15) is 103 Å². The van der Waals surface area contributed by atoms with Gasteiger partial charge in [-0.25, -0.2) is 0 Å². The maximum Gasteiger partial charge on any atom is 0.251 e. The Kier molecular flexibility index (Phi) is 9.06. The molecule has 3 aliphatic heterocycles. The minimum Gasteiger partial charge on any atom is -0.381 e. The molecule has 0 aromatic carbocycles. The van der Waals surface area contributed by atoms with Crippen LogP contribution in [0.3, 0.4) is 0 Å². The zero-order chi connectivity index (χ0) is 25.8. The smallest absolute Gasteiger partial charge is 0.251 e. The van der Waals surface area contributed by atoms with Crippen LogP contribution < -0.4 is 10.6 Å². The number of hydrogen-bond acceptors (Lipinski definition) is 5. The summed E-state index contributed by atoms with van der Waals surface area (Å²) in [7, 11) is 0. The summed E-state index contributed by atoms with van der Waals surface area (Å²) < 4.78 is 0. The van der Waals surface area contributed by atoms with Crippen LogP contribution in [-0.2, 0) is 14.4 Å². The van der Waals surface area contributed by atoms with Gasteiger partial charge < -0.3 is 20.6 Å². The van der Waals surface area contributed by atoms with Crippen molar-refractivity contribution in [3.8, 4) is 0 Å². The zero-order valence-electron chi connectivity index (χ0n) is 22.5. The quantitative estimate of drug-likeness (QED) is 0.533. The summed E-state index contributed by atoms with van der Waals surface area (Å²) in [6.07, 6.45) is 15.1. The van der Waals surface area contributed by atoms with Gasteiger partial charge >= 0.3 is 0 Å². The highest BCUT2D eigenvalue weighted by Crippen LogP contribution is 2.43. The summed E-state index contributed by atoms with van der Waals surface area (Å²) in [6.45, 7) is 2.61. The molecule has 8 nitrogen and oxygen atoms in total. The number of nitrogens with zero attached hydrogens (tertiary/aromatic N) is 2. The van der Waals surface area contributed by atoms with Gasteiger partial charge in [-0.15, -0.1) is 0 Å². The topological polar surface area (TPSA) is 102 Å². The SMILES string of the molecule is O=C(NC1CC1)C(O)C1CCCCCCCC[C@H](N2CCCCC2)C(=O)N2C[C@@H]3CCC[C@@H]3[C@H]2C(=O)N1. The Labute approximate surface area is 222 Å². The molecule has 8 heteroatoms. The van der Waals surface area contributed by atoms with Crippen molar-refractivity contribution >= 4 is 17.7 Å². The van der Waals surface area contributed by atoms with Gasteiger partial charge in [0.1, 0.15) is 6.04 Å². The maximum absolute atomic E-state index is 14.2. The third-order valence-electron chi connectivity index (χ3n) is 9.70. The van der Waals surface area contributed by atoms with Crippen LogP contribution in [0, 0.1) is 11.8 Å². The van der Waals surface area contributed by atoms with Gasteiger partial charge in [0.15, 0.2) is 6.10 Å². The molecule has 5 aliphatic rings. The molecule has 2 unspecified atom stereocenters. The van der Waals surface area contributed by atoms with Gasteiger partial charge in [0.05, 0.1) is 12.1 Å². The fourth-order valence-electron chi connectivity index (χ4n) is 7.44. The molecule has 2 aliphatic carbocycles. The number of carbonyl (C=O) groups excluding carboxylic acids is 3. The van der Waals surface area contributed by atoms with Crippen molar-refractivity contribution in [2.75, 3.05) is 19.6 Å². The van der Waals surface area contributed by atoms with Crippen molar-refractivity contribution in [1.29, 1.82) is 0 Å². The van der Waals surface area contributed by atoms with Crippen molar-refractivity contribution in [1.82, 2.24) is 20.4 Å². The Morgan fingerprint density at radius 1 is 0.838 bits per heavy atom. The Hall–Kier alpha value is -1.67. The molecule has 6 atom stereocenters. The molecular formula is C29H48N4O4. The second-order valence-electron chi connectivity index (χ2n) is 12.4. The lowest BCUT2D eigenvalue weighted by molar-refractivity contribution is -0.145. The summed E-state index contributed by atoms with van der Waals surface area (Å²) in [5, 5.41) is 17.0. The number of hydrogen-bond donors (Lipinski definition) is 3. The van der Waals surface area contributed by atoms with Gasteiger partial charge in [0.25, 0.3) is 5.91 Å². The molecule has 5 rings (SSSR count). The number of likely N-dealkylation sites (tertiary alicyclic amines) is 1. The molecule has 208 valence electrons. The number of carbonyl (C=O) groups is 3. The van der Waals surface area contributed by atoms with E-state index in [4.69, 9.17) is 0 Å². The third kappa shape index (κ3) is 6.49. The number of rotatable bonds is 4. The second kappa shape index (κ2) is 12.5. The predicted molar refractivity (Wildman–Crippen MR) is 142 cm³/mol. The number of aliphatic hydroxyl groups excluding tert-OH is 1. The van der Waals surface area contributed by atoms with Crippen LogP contribution in [0.15, 0.2) is 0 Å². The predicted octanol–water partition coefficient (Wildman–Crippen LogP) is 2.73. The third-order valence-corrected chi connectivity index (χ3v) is 9.70. The van der Waals surface area contributed by atoms with Crippen molar-refractivity contribution in [2.24, 2.45) is 11.8 Å². The highest BCUT2D eigenvalue weighted by atomic mass is 16.3. The Morgan fingerprint density at radius 2 is 1.51 bits per heavy atom. The van der Waals surface area contributed by atoms with E-state index < -0.39 is 18.2 Å². The molecule has 0 radical (unpaired) electrons. The molecule has 3 amide bonds. The molecule has 0 aromatic rings. The van der Waals surface area contributed by atoms with E-state index in [0.29, 0.717) is 18.9 Å². The molecular weight excluding hydrogens is 468 g/mol. The van der Waals surface area contributed by atoms with E-state index in [1.54, 1.807) is 0 Å². The standard InChI is InChI=1S/C29H48N4O4/c34-26(28(36)30-21-15-16-21)23-13-6-3-1-2-4-7-14-24(32-17-8-5-9-18-32)29(37)33-19-20-11-10-12-22(20)25(33)27(35)31-23/h20-26,34H,1-19H2,(H,30,36)(H,31,35)/t20-,22-,23?,24-,25-,26?/m0/s1. The van der Waals surface area contributed by atoms with Gasteiger partial charge in [-0.1, -0.05) is 51.4 Å². The molecule has 2 saturated carbocycles. The zero-order valence-corrected chi connectivity index (χ0v) is 22.5. The number of amides is 3. The van der Waals surface area contributed by atoms with E-state index in [9.17, 15) is 19.5 Å². The lowest BCUT2D eigenvalue weighted by Crippen LogP contribution is -2.58. The lowest BCUT2D eigenvalue weighted by atomic mass is 9.92. The van der Waals surface area contributed by atoms with Crippen molar-refractivity contribution in [2.45, 2.75) is 133 Å². The van der Waals surface area contributed by atoms with Crippen LogP contribution in [0.4, 0.5) is 0 Å². The molecule has 5 fully saturated rings. The molecule has 37 heavy (non-hydrogen) atoms. The van der Waals surface area contributed by atoms with E-state index in [2.05, 4.69) is 15.5 Å². The summed E-state index contributed by atoms with van der Waals surface area (Å²) in [4.78, 5) is 45.1. The van der Waals surface area contributed by atoms with Crippen LogP contribution in [-0.4, -0.2) is 82.5 Å². The van der Waals surface area contributed by atoms with Gasteiger partial charge in [0.2, 0.25) is 11.8 Å². The fraction of sp³-hybridized carbons (Fsp3) is 0.897. The number of fused-ring (bicyclic) bond motifs is 3. The number of piperidine rings is 1. The molecule has 0 aromatic heterocycles. The van der Waals surface area contributed by atoms with Gasteiger partial charge in [-0.05, 0) is 76.3 Å². The van der Waals surface area contributed by atoms with Crippen molar-refractivity contribution in [3.05, 3.63) is 0 Å². The average molecular weight is 517 g/mol. The van der Waals surface area contributed by atoms with Gasteiger partial charge in [-0.2, -0.15) is 0 Å². The van der Waals surface area contributed by atoms with E-state index in [1.165, 1.54) is 6.42 Å². The summed E-state index contributed by atoms with van der Waals surface area (Å²) in [5.74, 6) is 0.143. The first-order valence-electron chi connectivity index (χ1n) is 15.4. The average Bonchev–Trinajstić information content (AvgIpc) is 3.47. The maximum atomic E-state index is 14.2. The number of nitrogens with one attached hydrogen (secondary N) is 2. The molecule has 0 spiro atoms. The molecule has 3 heterocycles. The highest BCUT2D eigenvalue weighted by Gasteiger charge is 2.51. The first-order valence-corrected chi connectivity index (χ1v) is 15.4. The van der Waals surface area contributed by atoms with Crippen LogP contribution in [0.25, 0.3) is 0 Å². The lowest BCUT2D eigenvalue weighted by Gasteiger charge is -2.38. The Bertz CT molecular complexity index is 812. The number of aliphatic hydroxyl groups is 1. The normalized spacial score (nSPS) is 35.6. The van der Waals surface area contributed by atoms with E-state index in [-0.39, 0.29) is 35.7 Å². The minimum absolute atomic E-state index is 0.134. The Morgan fingerprint density at radius 3 is 2.24 bits per heavy atom. The monoisotopic (exact) mass is 516 g/mol. The fourth-order valence-corrected chi connectivity index (χ4v) is 7.44. The van der Waals surface area contributed by atoms with Crippen molar-refractivity contribution in [3.63, 3.8) is 0 Å². The summed E-state index contributed by atoms with van der Waals surface area (Å²) >= 11 is 0. The van der Waals surface area contributed by atoms with E-state index >= 15 is 0 Å². The van der Waals surface area contributed by atoms with Crippen LogP contribution in [0.5, 0.6) is 0 Å². The second-order valence-corrected chi connectivity index (χ2v) is 12.4. The largest absolute Gasteiger partial charge is 0.381 e. The highest BCUT2D eigenvalue weighted by molar-refractivity contribution is 5.91. The van der Waals surface area contributed by atoms with E-state index in [1.807, 2.05) is 4.90 Å². The first-order chi connectivity index (χ1) is 18.0. The first kappa shape index (κ1) is 26.9. The van der Waals surface area contributed by atoms with Crippen LogP contribution in [0.2, 0.25) is 0 Å². The molecule has 3 N–H and O–H groups in total. The van der Waals surface area contributed by atoms with Crippen molar-refractivity contribution < 1.29 is 19.5 Å². The van der Waals surface area contributed by atoms with Gasteiger partial charge in [-0.3, -0.25) is 19.3 Å².